The molecule has 0 radical (unpaired) electrons. The van der Waals surface area contributed by atoms with Crippen molar-refractivity contribution in [3.63, 3.8) is 0 Å². The van der Waals surface area contributed by atoms with Crippen LogP contribution < -0.4 is 20.1 Å². The number of hydrogen-bond acceptors (Lipinski definition) is 4. The highest BCUT2D eigenvalue weighted by Crippen LogP contribution is 2.28. The van der Waals surface area contributed by atoms with Gasteiger partial charge in [0.15, 0.2) is 17.5 Å². The number of likely N-dealkylation sites (N-methyl/N-ethyl adjacent to an activating group) is 1. The Hall–Kier alpha value is -1.22. The zero-order valence-electron chi connectivity index (χ0n) is 18.0. The molecule has 1 atom stereocenters. The third kappa shape index (κ3) is 8.03. The largest absolute Gasteiger partial charge is 0.490 e. The van der Waals surface area contributed by atoms with Crippen molar-refractivity contribution in [2.75, 3.05) is 40.4 Å². The molecule has 0 bridgehead atoms. The van der Waals surface area contributed by atoms with Gasteiger partial charge in [0, 0.05) is 32.2 Å². The molecule has 2 rings (SSSR count). The minimum absolute atomic E-state index is 0. The van der Waals surface area contributed by atoms with E-state index >= 15 is 0 Å². The number of nitrogens with one attached hydrogen (secondary N) is 2. The molecule has 1 unspecified atom stereocenters. The second-order valence-corrected chi connectivity index (χ2v) is 7.02. The first kappa shape index (κ1) is 24.8. The van der Waals surface area contributed by atoms with E-state index in [4.69, 9.17) is 9.47 Å². The summed E-state index contributed by atoms with van der Waals surface area (Å²) in [5.74, 6) is 2.47. The molecule has 0 aromatic heterocycles. The fourth-order valence-electron chi connectivity index (χ4n) is 3.03. The number of benzene rings is 1. The average molecular weight is 504 g/mol. The molecular weight excluding hydrogens is 467 g/mol. The van der Waals surface area contributed by atoms with Gasteiger partial charge in [-0.25, -0.2) is 0 Å². The van der Waals surface area contributed by atoms with Gasteiger partial charge in [-0.3, -0.25) is 9.89 Å². The van der Waals surface area contributed by atoms with Crippen molar-refractivity contribution in [1.29, 1.82) is 0 Å². The van der Waals surface area contributed by atoms with Crippen molar-refractivity contribution in [2.45, 2.75) is 52.1 Å². The summed E-state index contributed by atoms with van der Waals surface area (Å²) in [6.45, 7) is 9.20. The second-order valence-electron chi connectivity index (χ2n) is 7.02. The Balaban J connectivity index is 0.00000392. The van der Waals surface area contributed by atoms with Crippen LogP contribution in [0.25, 0.3) is 0 Å². The maximum absolute atomic E-state index is 5.70. The molecule has 1 saturated carbocycles. The molecule has 0 amide bonds. The fraction of sp³-hybridized carbons (Fsp3) is 0.667. The van der Waals surface area contributed by atoms with Crippen LogP contribution >= 0.6 is 24.0 Å². The SMILES string of the molecule is CCOc1ccc(CCNC(=NC)NCC(C)N(C)C2CC2)cc1OCC.I. The molecule has 160 valence electrons. The Labute approximate surface area is 187 Å². The number of ether oxygens (including phenoxy) is 2. The van der Waals surface area contributed by atoms with Crippen molar-refractivity contribution in [3.8, 4) is 11.5 Å². The molecule has 1 aliphatic rings. The lowest BCUT2D eigenvalue weighted by Gasteiger charge is -2.25. The maximum atomic E-state index is 5.70. The summed E-state index contributed by atoms with van der Waals surface area (Å²) in [4.78, 5) is 6.78. The van der Waals surface area contributed by atoms with Crippen LogP contribution in [0.2, 0.25) is 0 Å². The third-order valence-corrected chi connectivity index (χ3v) is 4.92. The van der Waals surface area contributed by atoms with E-state index < -0.39 is 0 Å². The van der Waals surface area contributed by atoms with Crippen molar-refractivity contribution in [3.05, 3.63) is 23.8 Å². The van der Waals surface area contributed by atoms with Crippen LogP contribution in [-0.2, 0) is 6.42 Å². The van der Waals surface area contributed by atoms with Crippen molar-refractivity contribution < 1.29 is 9.47 Å². The number of nitrogens with zero attached hydrogens (tertiary/aromatic N) is 2. The smallest absolute Gasteiger partial charge is 0.191 e. The van der Waals surface area contributed by atoms with Gasteiger partial charge >= 0.3 is 0 Å². The maximum Gasteiger partial charge on any atom is 0.191 e. The Morgan fingerprint density at radius 2 is 1.86 bits per heavy atom. The number of aliphatic imine (C=N–C) groups is 1. The van der Waals surface area contributed by atoms with Gasteiger partial charge < -0.3 is 20.1 Å². The van der Waals surface area contributed by atoms with E-state index in [1.165, 1.54) is 18.4 Å². The van der Waals surface area contributed by atoms with Crippen LogP contribution in [0.4, 0.5) is 0 Å². The Bertz CT molecular complexity index is 608. The Morgan fingerprint density at radius 3 is 2.46 bits per heavy atom. The van der Waals surface area contributed by atoms with Crippen LogP contribution in [0, 0.1) is 0 Å². The average Bonchev–Trinajstić information content (AvgIpc) is 3.51. The molecule has 0 spiro atoms. The van der Waals surface area contributed by atoms with Crippen LogP contribution in [0.1, 0.15) is 39.2 Å². The van der Waals surface area contributed by atoms with Crippen LogP contribution in [0.5, 0.6) is 11.5 Å². The molecule has 1 aromatic rings. The summed E-state index contributed by atoms with van der Waals surface area (Å²) >= 11 is 0. The summed E-state index contributed by atoms with van der Waals surface area (Å²) in [6.07, 6.45) is 3.56. The molecule has 0 aliphatic heterocycles. The van der Waals surface area contributed by atoms with E-state index in [9.17, 15) is 0 Å². The molecule has 1 aliphatic carbocycles. The number of halogens is 1. The standard InChI is InChI=1S/C21H36N4O2.HI/c1-6-26-19-11-8-17(14-20(19)27-7-2)12-13-23-21(22-4)24-15-16(3)25(5)18-9-10-18;/h8,11,14,16,18H,6-7,9-10,12-13,15H2,1-5H3,(H2,22,23,24);1H. The first-order valence-electron chi connectivity index (χ1n) is 10.1. The summed E-state index contributed by atoms with van der Waals surface area (Å²) in [6, 6.07) is 7.43. The highest BCUT2D eigenvalue weighted by Gasteiger charge is 2.28. The van der Waals surface area contributed by atoms with Crippen LogP contribution in [0.15, 0.2) is 23.2 Å². The second kappa shape index (κ2) is 13.1. The minimum Gasteiger partial charge on any atom is -0.490 e. The Kier molecular flexibility index (Phi) is 11.6. The lowest BCUT2D eigenvalue weighted by Crippen LogP contribution is -2.45. The summed E-state index contributed by atoms with van der Waals surface area (Å²) in [5.41, 5.74) is 1.21. The molecule has 0 heterocycles. The molecule has 6 nitrogen and oxygen atoms in total. The molecule has 2 N–H and O–H groups in total. The van der Waals surface area contributed by atoms with Gasteiger partial charge in [-0.05, 0) is 64.8 Å². The zero-order valence-corrected chi connectivity index (χ0v) is 20.3. The summed E-state index contributed by atoms with van der Waals surface area (Å²) in [5, 5.41) is 6.83. The summed E-state index contributed by atoms with van der Waals surface area (Å²) in [7, 11) is 4.02. The first-order valence-corrected chi connectivity index (χ1v) is 10.1. The van der Waals surface area contributed by atoms with E-state index in [2.05, 4.69) is 46.6 Å². The quantitative estimate of drug-likeness (QED) is 0.275. The van der Waals surface area contributed by atoms with Gasteiger partial charge in [0.05, 0.1) is 13.2 Å². The number of hydrogen-bond donors (Lipinski definition) is 2. The van der Waals surface area contributed by atoms with E-state index in [-0.39, 0.29) is 24.0 Å². The highest BCUT2D eigenvalue weighted by atomic mass is 127. The van der Waals surface area contributed by atoms with Crippen molar-refractivity contribution in [1.82, 2.24) is 15.5 Å². The molecule has 0 saturated heterocycles. The van der Waals surface area contributed by atoms with Gasteiger partial charge in [0.25, 0.3) is 0 Å². The number of guanidine groups is 1. The van der Waals surface area contributed by atoms with E-state index in [1.807, 2.05) is 27.0 Å². The van der Waals surface area contributed by atoms with Crippen molar-refractivity contribution in [2.24, 2.45) is 4.99 Å². The first-order chi connectivity index (χ1) is 13.1. The summed E-state index contributed by atoms with van der Waals surface area (Å²) < 4.78 is 11.3. The third-order valence-electron chi connectivity index (χ3n) is 4.92. The van der Waals surface area contributed by atoms with Crippen LogP contribution in [-0.4, -0.2) is 63.3 Å². The minimum atomic E-state index is 0. The highest BCUT2D eigenvalue weighted by molar-refractivity contribution is 14.0. The van der Waals surface area contributed by atoms with E-state index in [0.29, 0.717) is 19.3 Å². The zero-order chi connectivity index (χ0) is 19.6. The number of rotatable bonds is 11. The lowest BCUT2D eigenvalue weighted by atomic mass is 10.1. The van der Waals surface area contributed by atoms with Gasteiger partial charge in [-0.1, -0.05) is 6.07 Å². The predicted octanol–water partition coefficient (Wildman–Crippen LogP) is 3.29. The Morgan fingerprint density at radius 1 is 1.18 bits per heavy atom. The monoisotopic (exact) mass is 504 g/mol. The predicted molar refractivity (Wildman–Crippen MR) is 128 cm³/mol. The van der Waals surface area contributed by atoms with Gasteiger partial charge in [0.1, 0.15) is 0 Å². The van der Waals surface area contributed by atoms with E-state index in [1.54, 1.807) is 0 Å². The fourth-order valence-corrected chi connectivity index (χ4v) is 3.03. The van der Waals surface area contributed by atoms with Crippen molar-refractivity contribution >= 4 is 29.9 Å². The molecule has 7 heteroatoms. The van der Waals surface area contributed by atoms with Crippen LogP contribution in [0.3, 0.4) is 0 Å². The van der Waals surface area contributed by atoms with Gasteiger partial charge in [-0.15, -0.1) is 24.0 Å². The van der Waals surface area contributed by atoms with Gasteiger partial charge in [-0.2, -0.15) is 0 Å². The molecule has 1 aromatic carbocycles. The molecule has 1 fully saturated rings. The van der Waals surface area contributed by atoms with E-state index in [0.717, 1.165) is 43.0 Å². The molecular formula is C21H37IN4O2. The topological polar surface area (TPSA) is 58.1 Å². The van der Waals surface area contributed by atoms with Gasteiger partial charge in [0.2, 0.25) is 0 Å². The molecule has 28 heavy (non-hydrogen) atoms. The lowest BCUT2D eigenvalue weighted by molar-refractivity contribution is 0.247. The normalized spacial score (nSPS) is 15.0.